The maximum atomic E-state index is 12.3. The molecule has 5 heteroatoms. The number of amides is 1. The first-order valence-corrected chi connectivity index (χ1v) is 6.69. The molecule has 0 unspecified atom stereocenters. The van der Waals surface area contributed by atoms with E-state index < -0.39 is 0 Å². The SMILES string of the molecule is N#CC1=C(NC(=O)c2ccccc2)Nc2ccccc2N=C1. The summed E-state index contributed by atoms with van der Waals surface area (Å²) >= 11 is 0. The predicted octanol–water partition coefficient (Wildman–Crippen LogP) is 2.98. The van der Waals surface area contributed by atoms with Crippen LogP contribution in [0.5, 0.6) is 0 Å². The van der Waals surface area contributed by atoms with Crippen LogP contribution in [0.25, 0.3) is 0 Å². The van der Waals surface area contributed by atoms with Crippen molar-refractivity contribution in [2.45, 2.75) is 0 Å². The largest absolute Gasteiger partial charge is 0.339 e. The van der Waals surface area contributed by atoms with E-state index in [1.807, 2.05) is 36.4 Å². The number of nitriles is 1. The Morgan fingerprint density at radius 2 is 1.82 bits per heavy atom. The van der Waals surface area contributed by atoms with Crippen LogP contribution in [-0.4, -0.2) is 12.1 Å². The molecule has 2 N–H and O–H groups in total. The number of carbonyl (C=O) groups excluding carboxylic acids is 1. The zero-order chi connectivity index (χ0) is 15.4. The third-order valence-corrected chi connectivity index (χ3v) is 3.16. The summed E-state index contributed by atoms with van der Waals surface area (Å²) in [6, 6.07) is 18.2. The Morgan fingerprint density at radius 3 is 2.59 bits per heavy atom. The van der Waals surface area contributed by atoms with Gasteiger partial charge in [0.2, 0.25) is 0 Å². The highest BCUT2D eigenvalue weighted by Crippen LogP contribution is 2.27. The Hall–Kier alpha value is -3.39. The standard InChI is InChI=1S/C17H12N4O/c18-10-13-11-19-14-8-4-5-9-15(14)20-16(13)21-17(22)12-6-2-1-3-7-12/h1-9,11,20H,(H,21,22). The molecule has 106 valence electrons. The maximum absolute atomic E-state index is 12.3. The Kier molecular flexibility index (Phi) is 3.67. The van der Waals surface area contributed by atoms with E-state index in [9.17, 15) is 10.1 Å². The molecular formula is C17H12N4O. The number of aliphatic imine (C=N–C) groups is 1. The van der Waals surface area contributed by atoms with E-state index in [0.29, 0.717) is 17.1 Å². The van der Waals surface area contributed by atoms with Crippen molar-refractivity contribution in [3.8, 4) is 6.07 Å². The summed E-state index contributed by atoms with van der Waals surface area (Å²) in [6.45, 7) is 0. The van der Waals surface area contributed by atoms with Gasteiger partial charge in [0.05, 0.1) is 11.4 Å². The highest BCUT2D eigenvalue weighted by atomic mass is 16.1. The number of carbonyl (C=O) groups is 1. The van der Waals surface area contributed by atoms with E-state index in [4.69, 9.17) is 0 Å². The van der Waals surface area contributed by atoms with Crippen LogP contribution in [-0.2, 0) is 0 Å². The second-order valence-corrected chi connectivity index (χ2v) is 4.62. The maximum Gasteiger partial charge on any atom is 0.256 e. The van der Waals surface area contributed by atoms with Crippen LogP contribution in [0.2, 0.25) is 0 Å². The lowest BCUT2D eigenvalue weighted by Gasteiger charge is -2.13. The number of hydrogen-bond donors (Lipinski definition) is 2. The number of fused-ring (bicyclic) bond motifs is 1. The van der Waals surface area contributed by atoms with E-state index in [2.05, 4.69) is 15.6 Å². The van der Waals surface area contributed by atoms with Gasteiger partial charge in [-0.2, -0.15) is 5.26 Å². The first kappa shape index (κ1) is 13.6. The van der Waals surface area contributed by atoms with Crippen molar-refractivity contribution in [2.75, 3.05) is 5.32 Å². The lowest BCUT2D eigenvalue weighted by Crippen LogP contribution is -2.28. The Labute approximate surface area is 127 Å². The van der Waals surface area contributed by atoms with Crippen LogP contribution in [0.1, 0.15) is 10.4 Å². The van der Waals surface area contributed by atoms with Crippen LogP contribution in [0, 0.1) is 11.3 Å². The van der Waals surface area contributed by atoms with Crippen LogP contribution in [0.4, 0.5) is 11.4 Å². The van der Waals surface area contributed by atoms with Gasteiger partial charge >= 0.3 is 0 Å². The quantitative estimate of drug-likeness (QED) is 0.891. The molecule has 0 spiro atoms. The van der Waals surface area contributed by atoms with Crippen LogP contribution < -0.4 is 10.6 Å². The number of nitrogens with zero attached hydrogens (tertiary/aromatic N) is 2. The minimum Gasteiger partial charge on any atom is -0.339 e. The molecule has 22 heavy (non-hydrogen) atoms. The number of para-hydroxylation sites is 2. The monoisotopic (exact) mass is 288 g/mol. The van der Waals surface area contributed by atoms with Crippen molar-refractivity contribution in [1.29, 1.82) is 5.26 Å². The van der Waals surface area contributed by atoms with Gasteiger partial charge in [0.25, 0.3) is 5.91 Å². The second kappa shape index (κ2) is 5.94. The molecule has 5 nitrogen and oxygen atoms in total. The minimum absolute atomic E-state index is 0.264. The zero-order valence-corrected chi connectivity index (χ0v) is 11.6. The molecule has 0 bridgehead atoms. The van der Waals surface area contributed by atoms with Gasteiger partial charge in [-0.3, -0.25) is 9.79 Å². The van der Waals surface area contributed by atoms with Crippen molar-refractivity contribution in [3.63, 3.8) is 0 Å². The van der Waals surface area contributed by atoms with Crippen LogP contribution in [0.3, 0.4) is 0 Å². The Morgan fingerprint density at radius 1 is 1.09 bits per heavy atom. The molecule has 1 aliphatic rings. The first-order valence-electron chi connectivity index (χ1n) is 6.69. The summed E-state index contributed by atoms with van der Waals surface area (Å²) in [7, 11) is 0. The molecule has 0 saturated heterocycles. The third-order valence-electron chi connectivity index (χ3n) is 3.16. The summed E-state index contributed by atoms with van der Waals surface area (Å²) in [5.41, 5.74) is 2.22. The van der Waals surface area contributed by atoms with Crippen molar-refractivity contribution in [2.24, 2.45) is 4.99 Å². The van der Waals surface area contributed by atoms with E-state index >= 15 is 0 Å². The van der Waals surface area contributed by atoms with Crippen molar-refractivity contribution < 1.29 is 4.79 Å². The molecule has 1 amide bonds. The number of anilines is 1. The van der Waals surface area contributed by atoms with Crippen LogP contribution >= 0.6 is 0 Å². The summed E-state index contributed by atoms with van der Waals surface area (Å²) in [5, 5.41) is 15.1. The van der Waals surface area contributed by atoms with Gasteiger partial charge in [-0.25, -0.2) is 0 Å². The second-order valence-electron chi connectivity index (χ2n) is 4.62. The topological polar surface area (TPSA) is 77.3 Å². The molecule has 0 fully saturated rings. The molecule has 0 radical (unpaired) electrons. The number of nitrogens with one attached hydrogen (secondary N) is 2. The fourth-order valence-electron chi connectivity index (χ4n) is 2.05. The lowest BCUT2D eigenvalue weighted by atomic mass is 10.2. The van der Waals surface area contributed by atoms with Gasteiger partial charge in [-0.05, 0) is 24.3 Å². The smallest absolute Gasteiger partial charge is 0.256 e. The van der Waals surface area contributed by atoms with Crippen molar-refractivity contribution in [1.82, 2.24) is 5.32 Å². The van der Waals surface area contributed by atoms with Gasteiger partial charge in [-0.15, -0.1) is 0 Å². The number of allylic oxidation sites excluding steroid dienone is 1. The van der Waals surface area contributed by atoms with Gasteiger partial charge in [-0.1, -0.05) is 30.3 Å². The summed E-state index contributed by atoms with van der Waals surface area (Å²) in [5.74, 6) is 0.0358. The minimum atomic E-state index is -0.288. The normalized spacial score (nSPS) is 12.7. The van der Waals surface area contributed by atoms with Gasteiger partial charge in [0.15, 0.2) is 0 Å². The van der Waals surface area contributed by atoms with E-state index in [-0.39, 0.29) is 11.5 Å². The summed E-state index contributed by atoms with van der Waals surface area (Å²) in [6.07, 6.45) is 1.44. The average Bonchev–Trinajstić information content (AvgIpc) is 2.74. The summed E-state index contributed by atoms with van der Waals surface area (Å²) in [4.78, 5) is 16.5. The molecule has 1 aliphatic heterocycles. The highest BCUT2D eigenvalue weighted by molar-refractivity contribution is 5.98. The molecule has 1 heterocycles. The molecule has 0 aromatic heterocycles. The van der Waals surface area contributed by atoms with E-state index in [0.717, 1.165) is 5.69 Å². The van der Waals surface area contributed by atoms with Crippen molar-refractivity contribution >= 4 is 23.5 Å². The van der Waals surface area contributed by atoms with E-state index in [1.165, 1.54) is 6.21 Å². The number of hydrogen-bond acceptors (Lipinski definition) is 4. The van der Waals surface area contributed by atoms with Gasteiger partial charge in [0, 0.05) is 11.8 Å². The molecule has 0 saturated carbocycles. The Bertz CT molecular complexity index is 816. The summed E-state index contributed by atoms with van der Waals surface area (Å²) < 4.78 is 0. The number of benzene rings is 2. The third kappa shape index (κ3) is 2.72. The van der Waals surface area contributed by atoms with E-state index in [1.54, 1.807) is 24.3 Å². The molecule has 0 aliphatic carbocycles. The average molecular weight is 288 g/mol. The molecule has 3 rings (SSSR count). The van der Waals surface area contributed by atoms with Gasteiger partial charge < -0.3 is 10.6 Å². The highest BCUT2D eigenvalue weighted by Gasteiger charge is 2.15. The zero-order valence-electron chi connectivity index (χ0n) is 11.6. The fourth-order valence-corrected chi connectivity index (χ4v) is 2.05. The lowest BCUT2D eigenvalue weighted by molar-refractivity contribution is 0.0966. The van der Waals surface area contributed by atoms with Crippen molar-refractivity contribution in [3.05, 3.63) is 71.6 Å². The van der Waals surface area contributed by atoms with Crippen LogP contribution in [0.15, 0.2) is 71.0 Å². The molecule has 0 atom stereocenters. The number of rotatable bonds is 2. The predicted molar refractivity (Wildman–Crippen MR) is 84.8 cm³/mol. The Balaban J connectivity index is 1.92. The molecule has 2 aromatic rings. The molecule has 2 aromatic carbocycles. The first-order chi connectivity index (χ1) is 10.8. The van der Waals surface area contributed by atoms with Gasteiger partial charge in [0.1, 0.15) is 17.5 Å². The fraction of sp³-hybridized carbons (Fsp3) is 0. The molecular weight excluding hydrogens is 276 g/mol.